The third-order valence-electron chi connectivity index (χ3n) is 5.92. The molecule has 0 amide bonds. The van der Waals surface area contributed by atoms with Gasteiger partial charge in [0.05, 0.1) is 47.0 Å². The molecule has 2 aliphatic rings. The zero-order chi connectivity index (χ0) is 25.1. The summed E-state index contributed by atoms with van der Waals surface area (Å²) < 4.78 is 48.7. The minimum absolute atomic E-state index is 0.386. The maximum absolute atomic E-state index is 6.35. The van der Waals surface area contributed by atoms with Gasteiger partial charge in [-0.1, -0.05) is 0 Å². The molecule has 0 unspecified atom stereocenters. The van der Waals surface area contributed by atoms with Gasteiger partial charge in [0.15, 0.2) is 23.0 Å². The molecule has 4 heterocycles. The van der Waals surface area contributed by atoms with E-state index >= 15 is 0 Å². The van der Waals surface area contributed by atoms with E-state index in [2.05, 4.69) is 31.9 Å². The lowest BCUT2D eigenvalue weighted by molar-refractivity contribution is -0.0362. The fourth-order valence-electron chi connectivity index (χ4n) is 4.37. The van der Waals surface area contributed by atoms with Gasteiger partial charge in [-0.15, -0.1) is 22.7 Å². The zero-order valence-corrected chi connectivity index (χ0v) is 25.0. The van der Waals surface area contributed by atoms with Crippen molar-refractivity contribution in [1.29, 1.82) is 0 Å². The molecular weight excluding hydrogens is 628 g/mol. The molecule has 12 heteroatoms. The predicted molar refractivity (Wildman–Crippen MR) is 141 cm³/mol. The van der Waals surface area contributed by atoms with Crippen LogP contribution in [-0.4, -0.2) is 81.3 Å². The molecule has 0 fully saturated rings. The quantitative estimate of drug-likeness (QED) is 0.353. The highest BCUT2D eigenvalue weighted by Gasteiger charge is 2.40. The van der Waals surface area contributed by atoms with Gasteiger partial charge in [0, 0.05) is 34.9 Å². The van der Waals surface area contributed by atoms with Gasteiger partial charge in [-0.3, -0.25) is 0 Å². The third-order valence-corrected chi connectivity index (χ3v) is 9.49. The standard InChI is InChI=1S/C23H30Br2O8S2/c1-26-6-22(7-27-2)10-30-16-14(34-20(24)18(16)32-12-22)5-15-17-19(21(25)35-15)33-13-23(8-28-3,9-29-4)11-31-17/h5-13H2,1-4H3. The molecule has 0 aromatic carbocycles. The van der Waals surface area contributed by atoms with Gasteiger partial charge < -0.3 is 37.9 Å². The number of hydrogen-bond donors (Lipinski definition) is 0. The summed E-state index contributed by atoms with van der Waals surface area (Å²) in [5, 5.41) is 0. The summed E-state index contributed by atoms with van der Waals surface area (Å²) >= 11 is 10.5. The van der Waals surface area contributed by atoms with Crippen molar-refractivity contribution in [1.82, 2.24) is 0 Å². The van der Waals surface area contributed by atoms with Crippen molar-refractivity contribution in [3.05, 3.63) is 17.3 Å². The van der Waals surface area contributed by atoms with Crippen LogP contribution in [0.15, 0.2) is 7.57 Å². The molecule has 2 aliphatic heterocycles. The third kappa shape index (κ3) is 5.79. The van der Waals surface area contributed by atoms with E-state index in [9.17, 15) is 0 Å². The molecule has 0 atom stereocenters. The highest BCUT2D eigenvalue weighted by molar-refractivity contribution is 9.11. The first-order valence-electron chi connectivity index (χ1n) is 11.0. The Morgan fingerprint density at radius 2 is 0.914 bits per heavy atom. The van der Waals surface area contributed by atoms with Crippen molar-refractivity contribution < 1.29 is 37.9 Å². The monoisotopic (exact) mass is 656 g/mol. The van der Waals surface area contributed by atoms with Crippen LogP contribution < -0.4 is 18.9 Å². The molecule has 196 valence electrons. The predicted octanol–water partition coefficient (Wildman–Crippen LogP) is 5.03. The number of hydrogen-bond acceptors (Lipinski definition) is 10. The average Bonchev–Trinajstić information content (AvgIpc) is 3.09. The lowest BCUT2D eigenvalue weighted by Gasteiger charge is -2.29. The molecule has 2 aromatic rings. The van der Waals surface area contributed by atoms with Crippen molar-refractivity contribution >= 4 is 54.5 Å². The number of halogens is 2. The molecule has 0 saturated carbocycles. The number of methoxy groups -OCH3 is 4. The van der Waals surface area contributed by atoms with Crippen LogP contribution in [0.3, 0.4) is 0 Å². The van der Waals surface area contributed by atoms with E-state index in [-0.39, 0.29) is 10.8 Å². The van der Waals surface area contributed by atoms with E-state index in [1.807, 2.05) is 0 Å². The van der Waals surface area contributed by atoms with Crippen molar-refractivity contribution in [3.8, 4) is 23.0 Å². The summed E-state index contributed by atoms with van der Waals surface area (Å²) in [4.78, 5) is 2.09. The summed E-state index contributed by atoms with van der Waals surface area (Å²) in [6.07, 6.45) is 0.618. The van der Waals surface area contributed by atoms with Crippen LogP contribution in [-0.2, 0) is 25.4 Å². The normalized spacial score (nSPS) is 18.2. The number of thiophene rings is 2. The molecule has 35 heavy (non-hydrogen) atoms. The Bertz CT molecular complexity index is 918. The number of rotatable bonds is 10. The molecule has 0 spiro atoms. The Kier molecular flexibility index (Phi) is 9.29. The smallest absolute Gasteiger partial charge is 0.186 e. The van der Waals surface area contributed by atoms with Gasteiger partial charge in [0.2, 0.25) is 0 Å². The number of fused-ring (bicyclic) bond motifs is 2. The summed E-state index contributed by atoms with van der Waals surface area (Å²) in [7, 11) is 6.70. The van der Waals surface area contributed by atoms with Crippen LogP contribution in [0.5, 0.6) is 23.0 Å². The van der Waals surface area contributed by atoms with Crippen LogP contribution in [0.1, 0.15) is 9.75 Å². The Labute approximate surface area is 230 Å². The van der Waals surface area contributed by atoms with Crippen LogP contribution in [0.4, 0.5) is 0 Å². The first-order valence-corrected chi connectivity index (χ1v) is 14.2. The summed E-state index contributed by atoms with van der Waals surface area (Å²) in [5.41, 5.74) is -0.772. The largest absolute Gasteiger partial charge is 0.488 e. The fraction of sp³-hybridized carbons (Fsp3) is 0.652. The summed E-state index contributed by atoms with van der Waals surface area (Å²) in [6.45, 7) is 3.64. The first kappa shape index (κ1) is 27.4. The van der Waals surface area contributed by atoms with Crippen LogP contribution in [0.2, 0.25) is 0 Å². The van der Waals surface area contributed by atoms with Gasteiger partial charge in [0.1, 0.15) is 34.0 Å². The zero-order valence-electron chi connectivity index (χ0n) is 20.2. The maximum Gasteiger partial charge on any atom is 0.186 e. The van der Waals surface area contributed by atoms with E-state index in [0.29, 0.717) is 59.3 Å². The second kappa shape index (κ2) is 11.8. The molecule has 0 radical (unpaired) electrons. The van der Waals surface area contributed by atoms with E-state index in [4.69, 9.17) is 37.9 Å². The second-order valence-electron chi connectivity index (χ2n) is 8.98. The van der Waals surface area contributed by atoms with Gasteiger partial charge >= 0.3 is 0 Å². The van der Waals surface area contributed by atoms with Crippen LogP contribution in [0.25, 0.3) is 0 Å². The Balaban J connectivity index is 1.59. The van der Waals surface area contributed by atoms with Crippen LogP contribution >= 0.6 is 54.5 Å². The Morgan fingerprint density at radius 1 is 0.600 bits per heavy atom. The van der Waals surface area contributed by atoms with Gasteiger partial charge in [-0.2, -0.15) is 0 Å². The fourth-order valence-corrected chi connectivity index (χ4v) is 8.07. The molecule has 0 N–H and O–H groups in total. The maximum atomic E-state index is 6.35. The van der Waals surface area contributed by atoms with Gasteiger partial charge in [-0.05, 0) is 31.9 Å². The average molecular weight is 658 g/mol. The van der Waals surface area contributed by atoms with Gasteiger partial charge in [-0.25, -0.2) is 0 Å². The minimum atomic E-state index is -0.386. The van der Waals surface area contributed by atoms with Crippen molar-refractivity contribution in [2.75, 3.05) is 81.3 Å². The highest BCUT2D eigenvalue weighted by atomic mass is 79.9. The van der Waals surface area contributed by atoms with Crippen molar-refractivity contribution in [2.24, 2.45) is 10.8 Å². The Hall–Kier alpha value is -0.600. The summed E-state index contributed by atoms with van der Waals surface area (Å²) in [6, 6.07) is 0. The van der Waals surface area contributed by atoms with E-state index in [0.717, 1.165) is 40.3 Å². The Morgan fingerprint density at radius 3 is 1.23 bits per heavy atom. The molecule has 8 nitrogen and oxygen atoms in total. The van der Waals surface area contributed by atoms with Gasteiger partial charge in [0.25, 0.3) is 0 Å². The van der Waals surface area contributed by atoms with E-state index < -0.39 is 0 Å². The van der Waals surface area contributed by atoms with Crippen molar-refractivity contribution in [3.63, 3.8) is 0 Å². The molecule has 0 bridgehead atoms. The first-order chi connectivity index (χ1) is 16.9. The molecular formula is C23H30Br2O8S2. The molecule has 0 aliphatic carbocycles. The molecule has 0 saturated heterocycles. The lowest BCUT2D eigenvalue weighted by atomic mass is 9.92. The van der Waals surface area contributed by atoms with E-state index in [1.54, 1.807) is 51.1 Å². The summed E-state index contributed by atoms with van der Waals surface area (Å²) in [5.74, 6) is 2.93. The topological polar surface area (TPSA) is 73.8 Å². The number of ether oxygens (including phenoxy) is 8. The molecule has 2 aromatic heterocycles. The van der Waals surface area contributed by atoms with Crippen LogP contribution in [0, 0.1) is 10.8 Å². The SMILES string of the molecule is COCC1(COC)COc2c(Br)sc(Cc3sc(Br)c4c3OCC(COC)(COC)CO4)c2OC1. The molecule has 4 rings (SSSR count). The van der Waals surface area contributed by atoms with Crippen molar-refractivity contribution in [2.45, 2.75) is 6.42 Å². The minimum Gasteiger partial charge on any atom is -0.488 e. The highest BCUT2D eigenvalue weighted by Crippen LogP contribution is 2.53. The van der Waals surface area contributed by atoms with E-state index in [1.165, 1.54) is 0 Å². The second-order valence-corrected chi connectivity index (χ2v) is 13.8. The lowest BCUT2D eigenvalue weighted by Crippen LogP contribution is -2.42.